The molecule has 206 valence electrons. The minimum absolute atomic E-state index is 0.0551. The van der Waals surface area contributed by atoms with Gasteiger partial charge in [0.1, 0.15) is 33.3 Å². The van der Waals surface area contributed by atoms with Crippen LogP contribution in [0.3, 0.4) is 0 Å². The lowest BCUT2D eigenvalue weighted by molar-refractivity contribution is -0.138. The molecular formula is C31H33FO6S. The number of aryl methyl sites for hydroxylation is 2. The molecule has 0 unspecified atom stereocenters. The van der Waals surface area contributed by atoms with Gasteiger partial charge in [-0.25, -0.2) is 12.8 Å². The monoisotopic (exact) mass is 552 g/mol. The van der Waals surface area contributed by atoms with Crippen LogP contribution >= 0.6 is 0 Å². The second-order valence-electron chi connectivity index (χ2n) is 10.8. The molecule has 0 radical (unpaired) electrons. The fourth-order valence-corrected chi connectivity index (χ4v) is 6.40. The highest BCUT2D eigenvalue weighted by molar-refractivity contribution is 7.90. The summed E-state index contributed by atoms with van der Waals surface area (Å²) in [4.78, 5) is 11.2. The third-order valence-electron chi connectivity index (χ3n) is 7.68. The lowest BCUT2D eigenvalue weighted by Gasteiger charge is -2.19. The van der Waals surface area contributed by atoms with Crippen LogP contribution in [0.5, 0.6) is 11.5 Å². The van der Waals surface area contributed by atoms with Gasteiger partial charge in [0.25, 0.3) is 0 Å². The number of hydrogen-bond acceptors (Lipinski definition) is 5. The molecule has 5 rings (SSSR count). The summed E-state index contributed by atoms with van der Waals surface area (Å²) in [6, 6.07) is 14.7. The van der Waals surface area contributed by atoms with Gasteiger partial charge in [-0.3, -0.25) is 4.79 Å². The highest BCUT2D eigenvalue weighted by Crippen LogP contribution is 2.48. The minimum atomic E-state index is -3.02. The van der Waals surface area contributed by atoms with Crippen molar-refractivity contribution in [1.82, 2.24) is 0 Å². The average molecular weight is 553 g/mol. The quantitative estimate of drug-likeness (QED) is 0.302. The highest BCUT2D eigenvalue weighted by Gasteiger charge is 2.44. The van der Waals surface area contributed by atoms with E-state index < -0.39 is 21.9 Å². The Morgan fingerprint density at radius 3 is 2.36 bits per heavy atom. The topological polar surface area (TPSA) is 89.9 Å². The normalized spacial score (nSPS) is 19.9. The molecule has 2 aliphatic carbocycles. The van der Waals surface area contributed by atoms with Crippen LogP contribution in [0.15, 0.2) is 48.5 Å². The Labute approximate surface area is 228 Å². The van der Waals surface area contributed by atoms with Crippen molar-refractivity contribution in [2.75, 3.05) is 18.6 Å². The van der Waals surface area contributed by atoms with Gasteiger partial charge in [0, 0.05) is 11.8 Å². The van der Waals surface area contributed by atoms with Crippen molar-refractivity contribution in [2.24, 2.45) is 5.92 Å². The maximum Gasteiger partial charge on any atom is 0.307 e. The van der Waals surface area contributed by atoms with Crippen molar-refractivity contribution in [3.63, 3.8) is 0 Å². The lowest BCUT2D eigenvalue weighted by Crippen LogP contribution is -2.08. The predicted molar refractivity (Wildman–Crippen MR) is 148 cm³/mol. The summed E-state index contributed by atoms with van der Waals surface area (Å²) in [6.07, 6.45) is 3.25. The van der Waals surface area contributed by atoms with Gasteiger partial charge in [0.05, 0.1) is 18.3 Å². The van der Waals surface area contributed by atoms with E-state index in [-0.39, 0.29) is 23.4 Å². The molecule has 0 aliphatic heterocycles. The van der Waals surface area contributed by atoms with E-state index >= 15 is 4.39 Å². The first-order chi connectivity index (χ1) is 18.5. The van der Waals surface area contributed by atoms with Crippen LogP contribution in [-0.2, 0) is 21.1 Å². The van der Waals surface area contributed by atoms with Crippen molar-refractivity contribution >= 4 is 15.8 Å². The number of hydrogen-bond donors (Lipinski definition) is 1. The Bertz CT molecular complexity index is 1490. The highest BCUT2D eigenvalue weighted by atomic mass is 32.2. The van der Waals surface area contributed by atoms with E-state index in [1.165, 1.54) is 12.3 Å². The van der Waals surface area contributed by atoms with Gasteiger partial charge in [0.15, 0.2) is 0 Å². The summed E-state index contributed by atoms with van der Waals surface area (Å²) < 4.78 is 49.9. The fraction of sp³-hybridized carbons (Fsp3) is 0.387. The first kappa shape index (κ1) is 27.2. The largest absolute Gasteiger partial charge is 0.494 e. The van der Waals surface area contributed by atoms with E-state index in [4.69, 9.17) is 9.47 Å². The average Bonchev–Trinajstić information content (AvgIpc) is 3.57. The molecule has 0 bridgehead atoms. The maximum absolute atomic E-state index is 15.2. The number of ether oxygens (including phenoxy) is 2. The van der Waals surface area contributed by atoms with E-state index in [0.29, 0.717) is 49.4 Å². The molecule has 0 aromatic heterocycles. The van der Waals surface area contributed by atoms with E-state index in [0.717, 1.165) is 33.4 Å². The van der Waals surface area contributed by atoms with Gasteiger partial charge in [-0.05, 0) is 109 Å². The Kier molecular flexibility index (Phi) is 7.42. The number of aliphatic carboxylic acids is 1. The van der Waals surface area contributed by atoms with E-state index in [9.17, 15) is 18.3 Å². The number of rotatable bonds is 10. The number of benzene rings is 3. The van der Waals surface area contributed by atoms with E-state index in [1.54, 1.807) is 0 Å². The first-order valence-corrected chi connectivity index (χ1v) is 15.3. The van der Waals surface area contributed by atoms with Crippen LogP contribution in [0.4, 0.5) is 4.39 Å². The number of carboxylic acids is 1. The molecule has 3 aromatic carbocycles. The molecule has 1 N–H and O–H groups in total. The zero-order chi connectivity index (χ0) is 27.9. The Morgan fingerprint density at radius 1 is 1.05 bits per heavy atom. The van der Waals surface area contributed by atoms with Crippen molar-refractivity contribution in [1.29, 1.82) is 0 Å². The Balaban J connectivity index is 1.33. The van der Waals surface area contributed by atoms with Crippen LogP contribution in [-0.4, -0.2) is 38.1 Å². The number of fused-ring (bicyclic) bond motifs is 1. The van der Waals surface area contributed by atoms with Crippen molar-refractivity contribution in [3.05, 3.63) is 82.2 Å². The smallest absolute Gasteiger partial charge is 0.307 e. The summed E-state index contributed by atoms with van der Waals surface area (Å²) in [5.74, 6) is 0.120. The molecular weight excluding hydrogens is 519 g/mol. The SMILES string of the molecule is Cc1cc(OCCCS(C)(=O)=O)cc(C)c1-c1ccc(F)c2c1CC[C@H]2Oc1ccc([C@@H]2C[C@H]2C(=O)O)cc1. The Morgan fingerprint density at radius 2 is 1.74 bits per heavy atom. The molecule has 1 fully saturated rings. The van der Waals surface area contributed by atoms with Crippen LogP contribution in [0.1, 0.15) is 59.1 Å². The van der Waals surface area contributed by atoms with Crippen molar-refractivity contribution in [2.45, 2.75) is 51.6 Å². The van der Waals surface area contributed by atoms with Gasteiger partial charge in [-0.2, -0.15) is 0 Å². The molecule has 1 saturated carbocycles. The summed E-state index contributed by atoms with van der Waals surface area (Å²) in [5, 5.41) is 9.18. The summed E-state index contributed by atoms with van der Waals surface area (Å²) in [5.41, 5.74) is 6.56. The third-order valence-corrected chi connectivity index (χ3v) is 8.71. The third kappa shape index (κ3) is 5.96. The maximum atomic E-state index is 15.2. The second-order valence-corrected chi connectivity index (χ2v) is 13.0. The van der Waals surface area contributed by atoms with Gasteiger partial charge in [-0.15, -0.1) is 0 Å². The second kappa shape index (κ2) is 10.6. The zero-order valence-electron chi connectivity index (χ0n) is 22.4. The van der Waals surface area contributed by atoms with Crippen molar-refractivity contribution < 1.29 is 32.2 Å². The van der Waals surface area contributed by atoms with Crippen LogP contribution in [0.25, 0.3) is 11.1 Å². The van der Waals surface area contributed by atoms with Gasteiger partial charge < -0.3 is 14.6 Å². The summed E-state index contributed by atoms with van der Waals surface area (Å²) in [7, 11) is -3.02. The van der Waals surface area contributed by atoms with Gasteiger partial charge in [0.2, 0.25) is 0 Å². The molecule has 3 aromatic rings. The number of carboxylic acid groups (broad SMARTS) is 1. The minimum Gasteiger partial charge on any atom is -0.494 e. The van der Waals surface area contributed by atoms with E-state index in [1.807, 2.05) is 56.3 Å². The number of carbonyl (C=O) groups is 1. The molecule has 0 amide bonds. The molecule has 0 spiro atoms. The standard InChI is InChI=1S/C31H33FO6S/c1-18-15-22(37-13-4-14-39(3,35)36)16-19(2)29(18)23-9-11-27(32)30-24(23)10-12-28(30)38-21-7-5-20(6-8-21)25-17-26(25)31(33)34/h5-9,11,15-16,25-26,28H,4,10,12-14,17H2,1-3H3,(H,33,34)/t25-,26+,28+/m0/s1. The zero-order valence-corrected chi connectivity index (χ0v) is 23.2. The van der Waals surface area contributed by atoms with E-state index in [2.05, 4.69) is 0 Å². The summed E-state index contributed by atoms with van der Waals surface area (Å²) in [6.45, 7) is 4.32. The number of halogens is 1. The fourth-order valence-electron chi connectivity index (χ4n) is 5.76. The molecule has 3 atom stereocenters. The molecule has 39 heavy (non-hydrogen) atoms. The van der Waals surface area contributed by atoms with Gasteiger partial charge >= 0.3 is 5.97 Å². The van der Waals surface area contributed by atoms with Crippen molar-refractivity contribution in [3.8, 4) is 22.6 Å². The lowest BCUT2D eigenvalue weighted by atomic mass is 9.90. The molecule has 8 heteroatoms. The van der Waals surface area contributed by atoms with Crippen LogP contribution in [0, 0.1) is 25.6 Å². The molecule has 2 aliphatic rings. The Hall–Kier alpha value is -3.39. The van der Waals surface area contributed by atoms with Crippen LogP contribution < -0.4 is 9.47 Å². The molecule has 6 nitrogen and oxygen atoms in total. The molecule has 0 heterocycles. The summed E-state index contributed by atoms with van der Waals surface area (Å²) >= 11 is 0. The predicted octanol–water partition coefficient (Wildman–Crippen LogP) is 6.18. The van der Waals surface area contributed by atoms with Crippen LogP contribution in [0.2, 0.25) is 0 Å². The molecule has 0 saturated heterocycles. The number of sulfone groups is 1. The first-order valence-electron chi connectivity index (χ1n) is 13.2. The van der Waals surface area contributed by atoms with Gasteiger partial charge in [-0.1, -0.05) is 18.2 Å².